The monoisotopic (exact) mass is 1850 g/mol. The molecule has 1 aromatic heterocycles. The lowest BCUT2D eigenvalue weighted by Crippen LogP contribution is -2.64. The second-order valence-electron chi connectivity index (χ2n) is 30.0. The average molecular weight is 1850 g/mol. The Bertz CT molecular complexity index is 5000. The summed E-state index contributed by atoms with van der Waals surface area (Å²) in [5.74, 6) is 1.19. The van der Waals surface area contributed by atoms with Gasteiger partial charge in [0, 0.05) is 180 Å². The highest BCUT2D eigenvalue weighted by Gasteiger charge is 2.55. The summed E-state index contributed by atoms with van der Waals surface area (Å²) in [6, 6.07) is 28.9. The molecule has 39 heteroatoms. The summed E-state index contributed by atoms with van der Waals surface area (Å²) in [6.45, 7) is 11.8. The van der Waals surface area contributed by atoms with Gasteiger partial charge < -0.3 is 29.0 Å². The largest absolute Gasteiger partial charge is 0.497 e. The number of nitrogens with zero attached hydrogens (tertiary/aromatic N) is 6. The molecule has 115 heavy (non-hydrogen) atoms. The Balaban J connectivity index is 0.000000125. The van der Waals surface area contributed by atoms with Crippen molar-refractivity contribution in [3.05, 3.63) is 147 Å². The molecule has 0 bridgehead atoms. The fourth-order valence-corrected chi connectivity index (χ4v) is 26.8. The number of carbonyl (C=O) groups is 1. The summed E-state index contributed by atoms with van der Waals surface area (Å²) in [5.41, 5.74) is -1.49. The number of piperidine rings is 5. The lowest BCUT2D eigenvalue weighted by molar-refractivity contribution is -0.138. The molecule has 5 aromatic carbocycles. The number of halogens is 6. The van der Waals surface area contributed by atoms with Gasteiger partial charge in [0.05, 0.1) is 64.2 Å². The Labute approximate surface area is 691 Å². The van der Waals surface area contributed by atoms with E-state index in [0.29, 0.717) is 156 Å². The third-order valence-corrected chi connectivity index (χ3v) is 35.6. The number of aromatic nitrogens is 1. The van der Waals surface area contributed by atoms with Crippen molar-refractivity contribution in [1.29, 1.82) is 0 Å². The normalized spacial score (nSPS) is 24.6. The molecule has 5 N–H and O–H groups in total. The summed E-state index contributed by atoms with van der Waals surface area (Å²) in [7, 11) is -16.7. The van der Waals surface area contributed by atoms with Crippen molar-refractivity contribution < 1.29 is 88.1 Å². The van der Waals surface area contributed by atoms with E-state index in [0.717, 1.165) is 81.9 Å². The molecule has 5 spiro atoms. The fourth-order valence-electron chi connectivity index (χ4n) is 17.0. The smallest absolute Gasteiger partial charge is 0.417 e. The van der Waals surface area contributed by atoms with Gasteiger partial charge in [0.15, 0.2) is 5.78 Å². The number of sulfonamides is 5. The van der Waals surface area contributed by atoms with Gasteiger partial charge in [0.25, 0.3) is 0 Å². The van der Waals surface area contributed by atoms with Gasteiger partial charge in [-0.1, -0.05) is 75.0 Å². The second-order valence-corrected chi connectivity index (χ2v) is 42.8. The van der Waals surface area contributed by atoms with Crippen molar-refractivity contribution in [2.45, 2.75) is 155 Å². The molecule has 10 aliphatic heterocycles. The summed E-state index contributed by atoms with van der Waals surface area (Å²) >= 11 is 7.85. The van der Waals surface area contributed by atoms with Crippen LogP contribution < -0.4 is 31.3 Å². The van der Waals surface area contributed by atoms with Gasteiger partial charge >= 0.3 is 6.18 Å². The lowest BCUT2D eigenvalue weighted by Gasteiger charge is -2.51. The predicted molar refractivity (Wildman–Crippen MR) is 431 cm³/mol. The van der Waals surface area contributed by atoms with E-state index in [1.807, 2.05) is 30.0 Å². The first kappa shape index (κ1) is 88.0. The Kier molecular flexibility index (Phi) is 27.6. The summed E-state index contributed by atoms with van der Waals surface area (Å²) < 4.78 is 217. The molecular weight excluding hydrogens is 1750 g/mol. The SMILES string of the molecule is CC(=O)c1ccc(S(=O)(=O)N2CCC3(CC2)NCCS3)cc1.COc1ccc(S(=O)(=O)N2CCC3(NCCO3)C3CCCCC32)cc1.O=S(=O)(c1ccc(Br)c(C(F)(F)F)c1)N1CCC2(CC1)NCCO2.O=S(=O)(c1ccc(Br)cc1F)N1CCC2(CC1)NCCO2.O=S(=O)(c1cccc2cccnc12)N1CCC2(CC1)NCCO2. The predicted octanol–water partition coefficient (Wildman–Crippen LogP) is 9.26. The Morgan fingerprint density at radius 1 is 0.530 bits per heavy atom. The fraction of sp³-hybridized carbons (Fsp3) is 0.553. The molecule has 0 radical (unpaired) electrons. The number of nitrogens with one attached hydrogen (secondary N) is 5. The number of alkyl halides is 3. The number of Topliss-reactive ketones (excluding diaryl/α,β-unsaturated/α-hetero) is 1. The number of para-hydroxylation sites is 1. The molecule has 17 rings (SSSR count). The van der Waals surface area contributed by atoms with Crippen LogP contribution in [0.25, 0.3) is 10.9 Å². The molecule has 11 heterocycles. The highest BCUT2D eigenvalue weighted by atomic mass is 79.9. The maximum absolute atomic E-state index is 13.9. The number of carbonyl (C=O) groups excluding carboxylic acids is 1. The number of ether oxygens (including phenoxy) is 5. The topological polar surface area (TPSA) is 323 Å². The third-order valence-electron chi connectivity index (χ3n) is 23.3. The van der Waals surface area contributed by atoms with Crippen LogP contribution in [0.5, 0.6) is 5.75 Å². The van der Waals surface area contributed by atoms with Gasteiger partial charge in [-0.25, -0.2) is 46.5 Å². The minimum atomic E-state index is -4.63. The van der Waals surface area contributed by atoms with Crippen LogP contribution in [0.4, 0.5) is 17.6 Å². The van der Waals surface area contributed by atoms with Crippen molar-refractivity contribution in [3.63, 3.8) is 0 Å². The van der Waals surface area contributed by atoms with Crippen LogP contribution in [0, 0.1) is 11.7 Å². The highest BCUT2D eigenvalue weighted by molar-refractivity contribution is 9.10. The molecule has 6 aromatic rings. The van der Waals surface area contributed by atoms with Crippen LogP contribution in [0.3, 0.4) is 0 Å². The van der Waals surface area contributed by atoms with Gasteiger partial charge in [-0.05, 0) is 118 Å². The minimum absolute atomic E-state index is 0.0141. The molecule has 0 amide bonds. The Hall–Kier alpha value is -4.80. The lowest BCUT2D eigenvalue weighted by atomic mass is 9.74. The average Bonchev–Trinajstić information content (AvgIpc) is 1.67. The molecule has 10 saturated heterocycles. The van der Waals surface area contributed by atoms with Crippen LogP contribution in [0.15, 0.2) is 155 Å². The third kappa shape index (κ3) is 19.4. The molecule has 11 fully saturated rings. The van der Waals surface area contributed by atoms with Crippen LogP contribution in [0.2, 0.25) is 0 Å². The van der Waals surface area contributed by atoms with Crippen molar-refractivity contribution in [2.24, 2.45) is 5.92 Å². The first-order valence-corrected chi connectivity index (χ1v) is 48.3. The zero-order valence-corrected chi connectivity index (χ0v) is 71.8. The van der Waals surface area contributed by atoms with Crippen molar-refractivity contribution in [3.8, 4) is 5.75 Å². The van der Waals surface area contributed by atoms with Crippen molar-refractivity contribution >= 4 is 110 Å². The summed E-state index contributed by atoms with van der Waals surface area (Å²) in [6.07, 6.45) is 6.96. The standard InChI is InChI=1S/C18H26N2O4S.C16H19N3O3S.C15H20N2O3S2.C14H16BrF3N2O3S.C13H16BrFN2O3S/c1-23-14-6-8-15(9-7-14)25(21,22)20-12-10-18(19-11-13-24-18)16-4-2-3-5-17(16)20;20-23(21,14-5-1-3-13-4-2-8-17-15(13)14)19-10-6-16(7-11-19)18-9-12-22-16;1-12(18)13-2-4-14(5-3-13)22(19,20)17-9-6-15(7-10-17)16-8-11-21-15;15-12-2-1-10(9-11(12)14(16,17)18)24(21,22)20-6-3-13(4-7-20)19-5-8-23-13;14-10-1-2-12(11(15)9-10)21(18,19)17-6-3-13(4-7-17)16-5-8-20-13/h6-9,16-17,19H,2-5,10-13H2,1H3;1-5,8,18H,6-7,9-12H2;2-5,16H,6-11H2,1H3;1-2,9,19H,3-8H2;1-2,9,16H,3-8H2. The minimum Gasteiger partial charge on any atom is -0.497 e. The number of pyridine rings is 1. The molecule has 11 aliphatic rings. The number of methoxy groups -OCH3 is 1. The van der Waals surface area contributed by atoms with Crippen molar-refractivity contribution in [2.75, 3.05) is 131 Å². The van der Waals surface area contributed by atoms with E-state index in [4.69, 9.17) is 23.7 Å². The molecule has 3 unspecified atom stereocenters. The molecule has 1 aliphatic carbocycles. The van der Waals surface area contributed by atoms with Gasteiger partial charge in [-0.3, -0.25) is 31.0 Å². The van der Waals surface area contributed by atoms with Gasteiger partial charge in [-0.2, -0.15) is 34.7 Å². The van der Waals surface area contributed by atoms with E-state index >= 15 is 0 Å². The van der Waals surface area contributed by atoms with Crippen LogP contribution in [-0.4, -0.2) is 239 Å². The van der Waals surface area contributed by atoms with E-state index < -0.39 is 79.1 Å². The quantitative estimate of drug-likeness (QED) is 0.0562. The number of fused-ring (bicyclic) bond motifs is 3. The Morgan fingerprint density at radius 2 is 1.03 bits per heavy atom. The summed E-state index contributed by atoms with van der Waals surface area (Å²) in [5, 5.41) is 17.7. The first-order chi connectivity index (χ1) is 54.7. The number of ketones is 1. The number of rotatable bonds is 12. The van der Waals surface area contributed by atoms with Crippen LogP contribution in [0.1, 0.15) is 106 Å². The van der Waals surface area contributed by atoms with E-state index in [2.05, 4.69) is 63.4 Å². The van der Waals surface area contributed by atoms with Crippen molar-refractivity contribution in [1.82, 2.24) is 53.1 Å². The van der Waals surface area contributed by atoms with Crippen LogP contribution >= 0.6 is 43.6 Å². The molecular formula is C76H97Br2F4N11O16S6. The maximum Gasteiger partial charge on any atom is 0.417 e. The zero-order chi connectivity index (χ0) is 81.9. The van der Waals surface area contributed by atoms with Gasteiger partial charge in [0.2, 0.25) is 50.1 Å². The molecule has 3 atom stereocenters. The zero-order valence-electron chi connectivity index (χ0n) is 63.8. The first-order valence-electron chi connectivity index (χ1n) is 38.6. The number of hydrogen-bond acceptors (Lipinski definition) is 23. The van der Waals surface area contributed by atoms with Gasteiger partial charge in [0.1, 0.15) is 44.3 Å². The number of benzene rings is 5. The molecule has 1 saturated carbocycles. The highest BCUT2D eigenvalue weighted by Crippen LogP contribution is 2.47. The molecule has 630 valence electrons. The van der Waals surface area contributed by atoms with E-state index in [-0.39, 0.29) is 71.2 Å². The number of hydrogen-bond donors (Lipinski definition) is 5. The number of thioether (sulfide) groups is 1. The van der Waals surface area contributed by atoms with E-state index in [1.54, 1.807) is 74.8 Å². The maximum atomic E-state index is 13.9. The van der Waals surface area contributed by atoms with Gasteiger partial charge in [-0.15, -0.1) is 11.8 Å². The summed E-state index contributed by atoms with van der Waals surface area (Å²) in [4.78, 5) is 15.9. The molecule has 27 nitrogen and oxygen atoms in total. The van der Waals surface area contributed by atoms with E-state index in [9.17, 15) is 64.4 Å². The van der Waals surface area contributed by atoms with E-state index in [1.165, 1.54) is 51.9 Å². The van der Waals surface area contributed by atoms with Crippen LogP contribution in [-0.2, 0) is 75.2 Å². The second kappa shape index (κ2) is 36.1. The Morgan fingerprint density at radius 3 is 1.53 bits per heavy atom.